The third kappa shape index (κ3) is 7.29. The zero-order valence-corrected chi connectivity index (χ0v) is 18.0. The number of sulfonamides is 1. The molecule has 7 nitrogen and oxygen atoms in total. The molecule has 1 heterocycles. The normalized spacial score (nSPS) is 11.5. The van der Waals surface area contributed by atoms with Crippen LogP contribution in [0.1, 0.15) is 11.3 Å². The van der Waals surface area contributed by atoms with Gasteiger partial charge in [-0.15, -0.1) is 0 Å². The monoisotopic (exact) mass is 460 g/mol. The van der Waals surface area contributed by atoms with Gasteiger partial charge in [-0.3, -0.25) is 4.79 Å². The number of furan rings is 1. The van der Waals surface area contributed by atoms with Crippen molar-refractivity contribution < 1.29 is 22.4 Å². The maximum Gasteiger partial charge on any atom is 0.244 e. The number of carbonyl (C=O) groups excluding carboxylic acids is 1. The van der Waals surface area contributed by atoms with Crippen molar-refractivity contribution in [1.82, 2.24) is 10.0 Å². The molecule has 0 atom stereocenters. The highest BCUT2D eigenvalue weighted by atomic mass is 35.5. The molecule has 0 bridgehead atoms. The number of amides is 1. The summed E-state index contributed by atoms with van der Waals surface area (Å²) in [5.41, 5.74) is 0.692. The number of hydrogen-bond donors (Lipinski definition) is 2. The van der Waals surface area contributed by atoms with E-state index in [1.165, 1.54) is 24.5 Å². The van der Waals surface area contributed by atoms with Crippen molar-refractivity contribution >= 4 is 33.6 Å². The van der Waals surface area contributed by atoms with Crippen molar-refractivity contribution in [2.75, 3.05) is 13.2 Å². The van der Waals surface area contributed by atoms with Crippen molar-refractivity contribution in [2.24, 2.45) is 0 Å². The van der Waals surface area contributed by atoms with Gasteiger partial charge in [-0.05, 0) is 60.2 Å². The van der Waals surface area contributed by atoms with E-state index in [0.29, 0.717) is 35.2 Å². The van der Waals surface area contributed by atoms with Crippen LogP contribution in [-0.4, -0.2) is 27.5 Å². The Bertz CT molecular complexity index is 1110. The van der Waals surface area contributed by atoms with Crippen LogP contribution >= 0.6 is 11.6 Å². The Kier molecular flexibility index (Phi) is 7.88. The molecule has 2 N–H and O–H groups in total. The largest absolute Gasteiger partial charge is 0.492 e. The summed E-state index contributed by atoms with van der Waals surface area (Å²) in [6, 6.07) is 16.5. The van der Waals surface area contributed by atoms with Crippen LogP contribution in [0.15, 0.2) is 82.3 Å². The first-order valence-electron chi connectivity index (χ1n) is 9.39. The highest BCUT2D eigenvalue weighted by Crippen LogP contribution is 2.15. The molecule has 0 fully saturated rings. The van der Waals surface area contributed by atoms with Gasteiger partial charge >= 0.3 is 0 Å². The van der Waals surface area contributed by atoms with E-state index in [-0.39, 0.29) is 17.3 Å². The van der Waals surface area contributed by atoms with Gasteiger partial charge in [0.2, 0.25) is 15.9 Å². The predicted molar refractivity (Wildman–Crippen MR) is 118 cm³/mol. The number of benzene rings is 2. The van der Waals surface area contributed by atoms with Gasteiger partial charge in [0.05, 0.1) is 24.2 Å². The minimum atomic E-state index is -3.66. The van der Waals surface area contributed by atoms with Crippen LogP contribution < -0.4 is 14.8 Å². The van der Waals surface area contributed by atoms with Crippen molar-refractivity contribution in [2.45, 2.75) is 11.4 Å². The highest BCUT2D eigenvalue weighted by molar-refractivity contribution is 7.89. The van der Waals surface area contributed by atoms with Gasteiger partial charge in [0.1, 0.15) is 18.1 Å². The molecular weight excluding hydrogens is 440 g/mol. The van der Waals surface area contributed by atoms with Crippen molar-refractivity contribution in [3.63, 3.8) is 0 Å². The fourth-order valence-corrected chi connectivity index (χ4v) is 3.64. The van der Waals surface area contributed by atoms with E-state index in [2.05, 4.69) is 10.0 Å². The molecule has 0 saturated carbocycles. The maximum absolute atomic E-state index is 12.3. The van der Waals surface area contributed by atoms with E-state index >= 15 is 0 Å². The average Bonchev–Trinajstić information content (AvgIpc) is 3.29. The summed E-state index contributed by atoms with van der Waals surface area (Å²) in [4.78, 5) is 12.0. The quantitative estimate of drug-likeness (QED) is 0.355. The van der Waals surface area contributed by atoms with Gasteiger partial charge in [-0.1, -0.05) is 23.7 Å². The summed E-state index contributed by atoms with van der Waals surface area (Å²) in [5, 5.41) is 3.34. The topological polar surface area (TPSA) is 97.6 Å². The second-order valence-electron chi connectivity index (χ2n) is 6.40. The molecule has 2 aromatic carbocycles. The maximum atomic E-state index is 12.3. The minimum Gasteiger partial charge on any atom is -0.492 e. The SMILES string of the molecule is O=C(/C=C/c1ccc(S(=O)(=O)NCc2ccco2)cc1)NCCOc1ccc(Cl)cc1. The first kappa shape index (κ1) is 22.6. The average molecular weight is 461 g/mol. The summed E-state index contributed by atoms with van der Waals surface area (Å²) >= 11 is 5.81. The molecule has 0 unspecified atom stereocenters. The minimum absolute atomic E-state index is 0.0683. The fourth-order valence-electron chi connectivity index (χ4n) is 2.53. The Hall–Kier alpha value is -3.07. The van der Waals surface area contributed by atoms with Gasteiger partial charge < -0.3 is 14.5 Å². The molecule has 0 aliphatic heterocycles. The molecule has 9 heteroatoms. The molecule has 0 spiro atoms. The lowest BCUT2D eigenvalue weighted by Crippen LogP contribution is -2.26. The second kappa shape index (κ2) is 10.8. The van der Waals surface area contributed by atoms with Crippen molar-refractivity contribution in [1.29, 1.82) is 0 Å². The summed E-state index contributed by atoms with van der Waals surface area (Å²) in [6.45, 7) is 0.724. The molecule has 0 aliphatic carbocycles. The molecule has 0 saturated heterocycles. The summed E-state index contributed by atoms with van der Waals surface area (Å²) in [7, 11) is -3.66. The summed E-state index contributed by atoms with van der Waals surface area (Å²) < 4.78 is 37.7. The Balaban J connectivity index is 1.43. The van der Waals surface area contributed by atoms with Gasteiger partial charge in [-0.2, -0.15) is 0 Å². The van der Waals surface area contributed by atoms with E-state index in [1.807, 2.05) is 0 Å². The number of halogens is 1. The number of carbonyl (C=O) groups is 1. The van der Waals surface area contributed by atoms with Crippen molar-refractivity contribution in [3.8, 4) is 5.75 Å². The van der Waals surface area contributed by atoms with Crippen LogP contribution in [0.2, 0.25) is 5.02 Å². The predicted octanol–water partition coefficient (Wildman–Crippen LogP) is 3.62. The molecule has 1 amide bonds. The second-order valence-corrected chi connectivity index (χ2v) is 8.60. The van der Waals surface area contributed by atoms with Gasteiger partial charge in [0, 0.05) is 11.1 Å². The molecule has 0 radical (unpaired) electrons. The first-order valence-corrected chi connectivity index (χ1v) is 11.2. The molecule has 1 aromatic heterocycles. The van der Waals surface area contributed by atoms with Gasteiger partial charge in [0.25, 0.3) is 0 Å². The van der Waals surface area contributed by atoms with Crippen LogP contribution in [0.25, 0.3) is 6.08 Å². The summed E-state index contributed by atoms with van der Waals surface area (Å²) in [6.07, 6.45) is 4.45. The smallest absolute Gasteiger partial charge is 0.244 e. The van der Waals surface area contributed by atoms with Crippen LogP contribution in [0.4, 0.5) is 0 Å². The lowest BCUT2D eigenvalue weighted by molar-refractivity contribution is -0.116. The lowest BCUT2D eigenvalue weighted by Gasteiger charge is -2.06. The van der Waals surface area contributed by atoms with Crippen LogP contribution in [0, 0.1) is 0 Å². The molecule has 3 rings (SSSR count). The Morgan fingerprint density at radius 1 is 1.06 bits per heavy atom. The van der Waals surface area contributed by atoms with Gasteiger partial charge in [-0.25, -0.2) is 13.1 Å². The standard InChI is InChI=1S/C22H21ClN2O5S/c23-18-6-8-19(9-7-18)30-15-13-24-22(26)12-5-17-3-10-21(11-4-17)31(27,28)25-16-20-2-1-14-29-20/h1-12,14,25H,13,15-16H2,(H,24,26)/b12-5+. The molecule has 162 valence electrons. The first-order chi connectivity index (χ1) is 14.9. The van der Waals surface area contributed by atoms with E-state index in [1.54, 1.807) is 54.6 Å². The van der Waals surface area contributed by atoms with E-state index in [9.17, 15) is 13.2 Å². The Morgan fingerprint density at radius 3 is 2.48 bits per heavy atom. The third-order valence-electron chi connectivity index (χ3n) is 4.12. The van der Waals surface area contributed by atoms with E-state index in [0.717, 1.165) is 0 Å². The number of ether oxygens (including phenoxy) is 1. The van der Waals surface area contributed by atoms with Crippen molar-refractivity contribution in [3.05, 3.63) is 89.3 Å². The zero-order valence-electron chi connectivity index (χ0n) is 16.5. The van der Waals surface area contributed by atoms with E-state index < -0.39 is 10.0 Å². The van der Waals surface area contributed by atoms with Crippen LogP contribution in [-0.2, 0) is 21.4 Å². The number of hydrogen-bond acceptors (Lipinski definition) is 5. The Morgan fingerprint density at radius 2 is 1.81 bits per heavy atom. The highest BCUT2D eigenvalue weighted by Gasteiger charge is 2.13. The number of nitrogens with one attached hydrogen (secondary N) is 2. The molecule has 3 aromatic rings. The van der Waals surface area contributed by atoms with E-state index in [4.69, 9.17) is 20.8 Å². The molecule has 0 aliphatic rings. The Labute approximate surface area is 185 Å². The summed E-state index contributed by atoms with van der Waals surface area (Å²) in [5.74, 6) is 0.909. The molecular formula is C22H21ClN2O5S. The lowest BCUT2D eigenvalue weighted by atomic mass is 10.2. The third-order valence-corrected chi connectivity index (χ3v) is 5.79. The van der Waals surface area contributed by atoms with Gasteiger partial charge in [0.15, 0.2) is 0 Å². The van der Waals surface area contributed by atoms with Crippen LogP contribution in [0.5, 0.6) is 5.75 Å². The number of rotatable bonds is 10. The zero-order chi connectivity index (χ0) is 22.1. The fraction of sp³-hybridized carbons (Fsp3) is 0.136. The van der Waals surface area contributed by atoms with Crippen LogP contribution in [0.3, 0.4) is 0 Å². The molecule has 31 heavy (non-hydrogen) atoms.